The Labute approximate surface area is 88.3 Å². The number of benzene rings is 1. The summed E-state index contributed by atoms with van der Waals surface area (Å²) < 4.78 is 22.2. The summed E-state index contributed by atoms with van der Waals surface area (Å²) in [5, 5.41) is 0. The molecule has 0 fully saturated rings. The molecule has 0 aliphatic carbocycles. The van der Waals surface area contributed by atoms with Gasteiger partial charge in [-0.15, -0.1) is 0 Å². The van der Waals surface area contributed by atoms with Crippen molar-refractivity contribution in [2.24, 2.45) is 5.73 Å². The largest absolute Gasteiger partial charge is 0.366 e. The van der Waals surface area contributed by atoms with E-state index in [9.17, 15) is 13.2 Å². The van der Waals surface area contributed by atoms with E-state index < -0.39 is 15.7 Å². The van der Waals surface area contributed by atoms with E-state index in [0.717, 1.165) is 11.8 Å². The highest BCUT2D eigenvalue weighted by Gasteiger charge is 2.04. The van der Waals surface area contributed by atoms with Crippen LogP contribution in [0.3, 0.4) is 0 Å². The second-order valence-corrected chi connectivity index (χ2v) is 5.09. The summed E-state index contributed by atoms with van der Waals surface area (Å²) in [4.78, 5) is 10.7. The molecule has 0 saturated heterocycles. The van der Waals surface area contributed by atoms with Crippen LogP contribution >= 0.6 is 0 Å². The van der Waals surface area contributed by atoms with Gasteiger partial charge in [-0.1, -0.05) is 12.1 Å². The zero-order chi connectivity index (χ0) is 11.5. The zero-order valence-electron chi connectivity index (χ0n) is 8.17. The first-order chi connectivity index (χ1) is 6.89. The smallest absolute Gasteiger partial charge is 0.241 e. The number of sulfone groups is 1. The summed E-state index contributed by atoms with van der Waals surface area (Å²) in [5.74, 6) is -0.540. The van der Waals surface area contributed by atoms with E-state index in [1.165, 1.54) is 24.3 Å². The van der Waals surface area contributed by atoms with Crippen molar-refractivity contribution in [3.63, 3.8) is 0 Å². The van der Waals surface area contributed by atoms with Crippen molar-refractivity contribution in [2.45, 2.75) is 4.90 Å². The summed E-state index contributed by atoms with van der Waals surface area (Å²) >= 11 is 0. The molecule has 15 heavy (non-hydrogen) atoms. The number of carbonyl (C=O) groups is 1. The lowest BCUT2D eigenvalue weighted by molar-refractivity contribution is -0.113. The van der Waals surface area contributed by atoms with Crippen LogP contribution < -0.4 is 5.73 Å². The molecule has 0 saturated carbocycles. The van der Waals surface area contributed by atoms with Gasteiger partial charge in [0, 0.05) is 12.3 Å². The molecule has 0 spiro atoms. The standard InChI is InChI=1S/C10H11NO3S/c1-15(13,14)9-5-2-8(3-6-9)4-7-10(11)12/h2-7H,1H3,(H2,11,12). The molecule has 4 nitrogen and oxygen atoms in total. The third-order valence-corrected chi connectivity index (χ3v) is 2.88. The zero-order valence-corrected chi connectivity index (χ0v) is 8.99. The lowest BCUT2D eigenvalue weighted by atomic mass is 10.2. The summed E-state index contributed by atoms with van der Waals surface area (Å²) in [5.41, 5.74) is 5.64. The number of primary amides is 1. The molecular weight excluding hydrogens is 214 g/mol. The predicted molar refractivity (Wildman–Crippen MR) is 57.8 cm³/mol. The highest BCUT2D eigenvalue weighted by Crippen LogP contribution is 2.11. The minimum Gasteiger partial charge on any atom is -0.366 e. The molecule has 0 radical (unpaired) electrons. The Morgan fingerprint density at radius 2 is 1.80 bits per heavy atom. The molecule has 0 bridgehead atoms. The van der Waals surface area contributed by atoms with Crippen LogP contribution in [0.25, 0.3) is 6.08 Å². The van der Waals surface area contributed by atoms with Gasteiger partial charge >= 0.3 is 0 Å². The number of rotatable bonds is 3. The van der Waals surface area contributed by atoms with E-state index in [-0.39, 0.29) is 4.90 Å². The van der Waals surface area contributed by atoms with Crippen LogP contribution in [0.2, 0.25) is 0 Å². The topological polar surface area (TPSA) is 77.2 Å². The summed E-state index contributed by atoms with van der Waals surface area (Å²) in [6.45, 7) is 0. The highest BCUT2D eigenvalue weighted by atomic mass is 32.2. The number of carbonyl (C=O) groups excluding carboxylic acids is 1. The van der Waals surface area contributed by atoms with Gasteiger partial charge in [0.05, 0.1) is 4.90 Å². The molecule has 0 heterocycles. The van der Waals surface area contributed by atoms with Crippen molar-refractivity contribution < 1.29 is 13.2 Å². The third kappa shape index (κ3) is 3.55. The molecule has 5 heteroatoms. The molecule has 0 atom stereocenters. The fourth-order valence-electron chi connectivity index (χ4n) is 1.00. The van der Waals surface area contributed by atoms with Crippen LogP contribution in [-0.4, -0.2) is 20.6 Å². The average Bonchev–Trinajstić information content (AvgIpc) is 2.14. The fourth-order valence-corrected chi connectivity index (χ4v) is 1.63. The Kier molecular flexibility index (Phi) is 3.26. The van der Waals surface area contributed by atoms with E-state index in [1.54, 1.807) is 12.1 Å². The van der Waals surface area contributed by atoms with Crippen molar-refractivity contribution in [3.8, 4) is 0 Å². The minimum absolute atomic E-state index is 0.249. The maximum absolute atomic E-state index is 11.1. The maximum atomic E-state index is 11.1. The van der Waals surface area contributed by atoms with Gasteiger partial charge in [0.1, 0.15) is 0 Å². The molecule has 0 unspecified atom stereocenters. The number of nitrogens with two attached hydrogens (primary N) is 1. The molecule has 1 rings (SSSR count). The van der Waals surface area contributed by atoms with Crippen LogP contribution in [0.5, 0.6) is 0 Å². The first-order valence-corrected chi connectivity index (χ1v) is 6.06. The normalized spacial score (nSPS) is 11.8. The van der Waals surface area contributed by atoms with Crippen LogP contribution in [0.4, 0.5) is 0 Å². The van der Waals surface area contributed by atoms with Gasteiger partial charge in [0.2, 0.25) is 5.91 Å². The van der Waals surface area contributed by atoms with E-state index in [0.29, 0.717) is 0 Å². The highest BCUT2D eigenvalue weighted by molar-refractivity contribution is 7.90. The fraction of sp³-hybridized carbons (Fsp3) is 0.100. The molecular formula is C10H11NO3S. The van der Waals surface area contributed by atoms with Crippen LogP contribution in [0.15, 0.2) is 35.2 Å². The van der Waals surface area contributed by atoms with E-state index in [4.69, 9.17) is 5.73 Å². The van der Waals surface area contributed by atoms with Gasteiger partial charge in [0.25, 0.3) is 0 Å². The predicted octanol–water partition coefficient (Wildman–Crippen LogP) is 0.589. The lowest BCUT2D eigenvalue weighted by Crippen LogP contribution is -2.05. The van der Waals surface area contributed by atoms with Crippen molar-refractivity contribution in [1.29, 1.82) is 0 Å². The first-order valence-electron chi connectivity index (χ1n) is 4.17. The van der Waals surface area contributed by atoms with Crippen molar-refractivity contribution in [1.82, 2.24) is 0 Å². The molecule has 1 aromatic carbocycles. The molecule has 0 aliphatic heterocycles. The van der Waals surface area contributed by atoms with Crippen LogP contribution in [0, 0.1) is 0 Å². The Balaban J connectivity index is 2.96. The van der Waals surface area contributed by atoms with E-state index in [1.807, 2.05) is 0 Å². The SMILES string of the molecule is CS(=O)(=O)c1ccc(C=CC(N)=O)cc1. The number of hydrogen-bond donors (Lipinski definition) is 1. The van der Waals surface area contributed by atoms with Gasteiger partial charge < -0.3 is 5.73 Å². The van der Waals surface area contributed by atoms with Crippen molar-refractivity contribution in [3.05, 3.63) is 35.9 Å². The third-order valence-electron chi connectivity index (χ3n) is 1.75. The summed E-state index contributed by atoms with van der Waals surface area (Å²) in [6.07, 6.45) is 3.88. The second-order valence-electron chi connectivity index (χ2n) is 3.08. The summed E-state index contributed by atoms with van der Waals surface area (Å²) in [6, 6.07) is 6.18. The Morgan fingerprint density at radius 3 is 2.20 bits per heavy atom. The molecule has 0 aliphatic rings. The van der Waals surface area contributed by atoms with Gasteiger partial charge in [0.15, 0.2) is 9.84 Å². The first kappa shape index (κ1) is 11.5. The number of amides is 1. The second kappa shape index (κ2) is 4.27. The van der Waals surface area contributed by atoms with Crippen LogP contribution in [0.1, 0.15) is 5.56 Å². The molecule has 1 aromatic rings. The van der Waals surface area contributed by atoms with Gasteiger partial charge in [-0.3, -0.25) is 4.79 Å². The minimum atomic E-state index is -3.17. The van der Waals surface area contributed by atoms with E-state index in [2.05, 4.69) is 0 Å². The van der Waals surface area contributed by atoms with Crippen molar-refractivity contribution >= 4 is 21.8 Å². The van der Waals surface area contributed by atoms with Crippen LogP contribution in [-0.2, 0) is 14.6 Å². The Hall–Kier alpha value is -1.62. The number of hydrogen-bond acceptors (Lipinski definition) is 3. The molecule has 2 N–H and O–H groups in total. The molecule has 1 amide bonds. The Bertz CT molecular complexity index is 486. The molecule has 80 valence electrons. The molecule has 0 aromatic heterocycles. The average molecular weight is 225 g/mol. The van der Waals surface area contributed by atoms with Crippen molar-refractivity contribution in [2.75, 3.05) is 6.26 Å². The van der Waals surface area contributed by atoms with E-state index >= 15 is 0 Å². The van der Waals surface area contributed by atoms with Gasteiger partial charge in [-0.2, -0.15) is 0 Å². The Morgan fingerprint density at radius 1 is 1.27 bits per heavy atom. The maximum Gasteiger partial charge on any atom is 0.241 e. The quantitative estimate of drug-likeness (QED) is 0.765. The summed E-state index contributed by atoms with van der Waals surface area (Å²) in [7, 11) is -3.17. The lowest BCUT2D eigenvalue weighted by Gasteiger charge is -1.98. The van der Waals surface area contributed by atoms with Gasteiger partial charge in [-0.25, -0.2) is 8.42 Å². The van der Waals surface area contributed by atoms with Gasteiger partial charge in [-0.05, 0) is 23.8 Å². The monoisotopic (exact) mass is 225 g/mol.